The minimum Gasteiger partial charge on any atom is -0.487 e. The van der Waals surface area contributed by atoms with Crippen molar-refractivity contribution in [3.8, 4) is 11.8 Å². The first-order valence-electron chi connectivity index (χ1n) is 5.12. The van der Waals surface area contributed by atoms with Crippen molar-refractivity contribution >= 4 is 0 Å². The van der Waals surface area contributed by atoms with Gasteiger partial charge in [0.15, 0.2) is 11.4 Å². The van der Waals surface area contributed by atoms with Crippen LogP contribution in [0, 0.1) is 11.3 Å². The number of hydrogen-bond acceptors (Lipinski definition) is 4. The second-order valence-corrected chi connectivity index (χ2v) is 3.53. The zero-order chi connectivity index (χ0) is 10.5. The lowest BCUT2D eigenvalue weighted by Crippen LogP contribution is -2.34. The van der Waals surface area contributed by atoms with Crippen molar-refractivity contribution in [1.82, 2.24) is 10.3 Å². The van der Waals surface area contributed by atoms with Crippen LogP contribution >= 0.6 is 0 Å². The first-order chi connectivity index (χ1) is 7.40. The minimum absolute atomic E-state index is 0.211. The fourth-order valence-electron chi connectivity index (χ4n) is 1.66. The zero-order valence-electron chi connectivity index (χ0n) is 8.44. The van der Waals surface area contributed by atoms with Gasteiger partial charge in [0, 0.05) is 6.20 Å². The van der Waals surface area contributed by atoms with Gasteiger partial charge in [0.25, 0.3) is 0 Å². The summed E-state index contributed by atoms with van der Waals surface area (Å²) in [5.41, 5.74) is 0.371. The number of aromatic nitrogens is 1. The van der Waals surface area contributed by atoms with Gasteiger partial charge in [0.2, 0.25) is 0 Å². The molecule has 0 saturated carbocycles. The molecule has 2 rings (SSSR count). The fraction of sp³-hybridized carbons (Fsp3) is 0.455. The van der Waals surface area contributed by atoms with Gasteiger partial charge in [-0.1, -0.05) is 0 Å². The number of pyridine rings is 1. The third-order valence-electron chi connectivity index (χ3n) is 2.46. The maximum absolute atomic E-state index is 8.84. The molecule has 1 fully saturated rings. The lowest BCUT2D eigenvalue weighted by atomic mass is 10.1. The molecule has 1 aliphatic heterocycles. The van der Waals surface area contributed by atoms with E-state index in [1.165, 1.54) is 0 Å². The smallest absolute Gasteiger partial charge is 0.182 e. The van der Waals surface area contributed by atoms with Gasteiger partial charge in [-0.2, -0.15) is 5.26 Å². The Morgan fingerprint density at radius 2 is 2.27 bits per heavy atom. The van der Waals surface area contributed by atoms with Gasteiger partial charge in [0.1, 0.15) is 12.2 Å². The standard InChI is InChI=1S/C11H13N3O/c12-8-10-11(2-1-5-14-10)15-9-3-6-13-7-4-9/h1-2,5,9,13H,3-4,6-7H2. The Hall–Kier alpha value is -1.60. The number of ether oxygens (including phenoxy) is 1. The molecule has 4 nitrogen and oxygen atoms in total. The van der Waals surface area contributed by atoms with Crippen LogP contribution in [0.2, 0.25) is 0 Å². The van der Waals surface area contributed by atoms with Crippen LogP contribution in [-0.4, -0.2) is 24.2 Å². The van der Waals surface area contributed by atoms with E-state index in [4.69, 9.17) is 10.00 Å². The number of hydrogen-bond donors (Lipinski definition) is 1. The van der Waals surface area contributed by atoms with Gasteiger partial charge in [-0.3, -0.25) is 0 Å². The van der Waals surface area contributed by atoms with E-state index in [1.807, 2.05) is 6.07 Å². The van der Waals surface area contributed by atoms with Crippen LogP contribution in [0.5, 0.6) is 5.75 Å². The Labute approximate surface area is 88.9 Å². The van der Waals surface area contributed by atoms with E-state index < -0.39 is 0 Å². The van der Waals surface area contributed by atoms with E-state index in [9.17, 15) is 0 Å². The highest BCUT2D eigenvalue weighted by molar-refractivity contribution is 5.36. The highest BCUT2D eigenvalue weighted by Crippen LogP contribution is 2.18. The van der Waals surface area contributed by atoms with Gasteiger partial charge in [-0.15, -0.1) is 0 Å². The highest BCUT2D eigenvalue weighted by Gasteiger charge is 2.16. The summed E-state index contributed by atoms with van der Waals surface area (Å²) in [6, 6.07) is 5.62. The van der Waals surface area contributed by atoms with Crippen molar-refractivity contribution in [1.29, 1.82) is 5.26 Å². The van der Waals surface area contributed by atoms with E-state index in [1.54, 1.807) is 18.3 Å². The van der Waals surface area contributed by atoms with Crippen LogP contribution in [0.25, 0.3) is 0 Å². The molecule has 0 atom stereocenters. The Bertz CT molecular complexity index is 366. The largest absolute Gasteiger partial charge is 0.487 e. The fourth-order valence-corrected chi connectivity index (χ4v) is 1.66. The Morgan fingerprint density at radius 3 is 3.00 bits per heavy atom. The van der Waals surface area contributed by atoms with Crippen LogP contribution in [0.15, 0.2) is 18.3 Å². The molecule has 0 spiro atoms. The lowest BCUT2D eigenvalue weighted by molar-refractivity contribution is 0.161. The number of rotatable bonds is 2. The number of nitrogens with one attached hydrogen (secondary N) is 1. The summed E-state index contributed by atoms with van der Waals surface area (Å²) in [6.45, 7) is 1.96. The predicted octanol–water partition coefficient (Wildman–Crippen LogP) is 1.08. The second-order valence-electron chi connectivity index (χ2n) is 3.53. The zero-order valence-corrected chi connectivity index (χ0v) is 8.44. The second kappa shape index (κ2) is 4.76. The van der Waals surface area contributed by atoms with Gasteiger partial charge >= 0.3 is 0 Å². The molecule has 1 aromatic heterocycles. The summed E-state index contributed by atoms with van der Waals surface area (Å²) < 4.78 is 5.75. The summed E-state index contributed by atoms with van der Waals surface area (Å²) in [5, 5.41) is 12.1. The quantitative estimate of drug-likeness (QED) is 0.781. The summed E-state index contributed by atoms with van der Waals surface area (Å²) >= 11 is 0. The molecular weight excluding hydrogens is 190 g/mol. The first-order valence-corrected chi connectivity index (χ1v) is 5.12. The molecule has 0 amide bonds. The van der Waals surface area contributed by atoms with Crippen molar-refractivity contribution in [2.45, 2.75) is 18.9 Å². The third kappa shape index (κ3) is 2.45. The van der Waals surface area contributed by atoms with Crippen molar-refractivity contribution in [2.75, 3.05) is 13.1 Å². The molecule has 0 aromatic carbocycles. The van der Waals surface area contributed by atoms with Gasteiger partial charge in [-0.25, -0.2) is 4.98 Å². The molecule has 1 aliphatic rings. The molecule has 15 heavy (non-hydrogen) atoms. The normalized spacial score (nSPS) is 17.0. The Kier molecular flexibility index (Phi) is 3.15. The molecule has 78 valence electrons. The van der Waals surface area contributed by atoms with E-state index in [-0.39, 0.29) is 6.10 Å². The molecule has 2 heterocycles. The van der Waals surface area contributed by atoms with E-state index in [0.29, 0.717) is 11.4 Å². The van der Waals surface area contributed by atoms with E-state index in [2.05, 4.69) is 10.3 Å². The molecule has 0 aliphatic carbocycles. The van der Waals surface area contributed by atoms with Gasteiger partial charge < -0.3 is 10.1 Å². The molecule has 0 bridgehead atoms. The van der Waals surface area contributed by atoms with Crippen LogP contribution in [0.3, 0.4) is 0 Å². The monoisotopic (exact) mass is 203 g/mol. The summed E-state index contributed by atoms with van der Waals surface area (Å²) in [5.74, 6) is 0.604. The summed E-state index contributed by atoms with van der Waals surface area (Å²) in [4.78, 5) is 3.96. The van der Waals surface area contributed by atoms with Crippen molar-refractivity contribution in [3.63, 3.8) is 0 Å². The number of nitriles is 1. The lowest BCUT2D eigenvalue weighted by Gasteiger charge is -2.23. The van der Waals surface area contributed by atoms with Crippen molar-refractivity contribution in [3.05, 3.63) is 24.0 Å². The molecule has 0 unspecified atom stereocenters. The number of nitrogens with zero attached hydrogens (tertiary/aromatic N) is 2. The molecule has 1 aromatic rings. The maximum atomic E-state index is 8.84. The van der Waals surface area contributed by atoms with Gasteiger partial charge in [0.05, 0.1) is 0 Å². The van der Waals surface area contributed by atoms with Gasteiger partial charge in [-0.05, 0) is 38.1 Å². The highest BCUT2D eigenvalue weighted by atomic mass is 16.5. The van der Waals surface area contributed by atoms with Crippen LogP contribution < -0.4 is 10.1 Å². The topological polar surface area (TPSA) is 57.9 Å². The first kappa shape index (κ1) is 9.94. The molecule has 4 heteroatoms. The Balaban J connectivity index is 2.06. The van der Waals surface area contributed by atoms with E-state index >= 15 is 0 Å². The van der Waals surface area contributed by atoms with Crippen LogP contribution in [0.4, 0.5) is 0 Å². The molecular formula is C11H13N3O. The SMILES string of the molecule is N#Cc1ncccc1OC1CCNCC1. The maximum Gasteiger partial charge on any atom is 0.182 e. The number of piperidine rings is 1. The van der Waals surface area contributed by atoms with E-state index in [0.717, 1.165) is 25.9 Å². The third-order valence-corrected chi connectivity index (χ3v) is 2.46. The van der Waals surface area contributed by atoms with Crippen LogP contribution in [-0.2, 0) is 0 Å². The Morgan fingerprint density at radius 1 is 1.47 bits per heavy atom. The average Bonchev–Trinajstić information content (AvgIpc) is 2.31. The minimum atomic E-state index is 0.211. The van der Waals surface area contributed by atoms with Crippen molar-refractivity contribution in [2.24, 2.45) is 0 Å². The molecule has 0 radical (unpaired) electrons. The molecule has 1 N–H and O–H groups in total. The summed E-state index contributed by atoms with van der Waals surface area (Å²) in [7, 11) is 0. The molecule has 1 saturated heterocycles. The summed E-state index contributed by atoms with van der Waals surface area (Å²) in [6.07, 6.45) is 3.79. The van der Waals surface area contributed by atoms with Crippen molar-refractivity contribution < 1.29 is 4.74 Å². The average molecular weight is 203 g/mol. The van der Waals surface area contributed by atoms with Crippen LogP contribution in [0.1, 0.15) is 18.5 Å². The predicted molar refractivity (Wildman–Crippen MR) is 55.5 cm³/mol.